The molecule has 132 valence electrons. The number of benzene rings is 1. The Bertz CT molecular complexity index is 811. The summed E-state index contributed by atoms with van der Waals surface area (Å²) in [5.41, 5.74) is 5.14. The van der Waals surface area contributed by atoms with Gasteiger partial charge in [0.15, 0.2) is 0 Å². The summed E-state index contributed by atoms with van der Waals surface area (Å²) in [5.74, 6) is 0.219. The number of nitrogens with zero attached hydrogens (tertiary/aromatic N) is 1. The highest BCUT2D eigenvalue weighted by atomic mass is 32.1. The van der Waals surface area contributed by atoms with Gasteiger partial charge in [-0.2, -0.15) is 0 Å². The van der Waals surface area contributed by atoms with E-state index in [1.54, 1.807) is 0 Å². The zero-order valence-electron chi connectivity index (χ0n) is 15.3. The molecular formula is C22H27NOS. The van der Waals surface area contributed by atoms with Crippen molar-refractivity contribution in [1.29, 1.82) is 0 Å². The van der Waals surface area contributed by atoms with Crippen molar-refractivity contribution in [3.8, 4) is 10.4 Å². The number of hydrogen-bond donors (Lipinski definition) is 1. The van der Waals surface area contributed by atoms with E-state index in [9.17, 15) is 5.11 Å². The van der Waals surface area contributed by atoms with Gasteiger partial charge in [0.2, 0.25) is 0 Å². The van der Waals surface area contributed by atoms with E-state index in [0.29, 0.717) is 5.41 Å². The van der Waals surface area contributed by atoms with Gasteiger partial charge in [-0.15, -0.1) is 11.3 Å². The van der Waals surface area contributed by atoms with Gasteiger partial charge >= 0.3 is 0 Å². The number of rotatable bonds is 3. The number of aliphatic hydroxyl groups excluding tert-OH is 1. The third-order valence-corrected chi connectivity index (χ3v) is 6.98. The van der Waals surface area contributed by atoms with E-state index >= 15 is 0 Å². The molecule has 2 heterocycles. The van der Waals surface area contributed by atoms with Crippen LogP contribution in [0.5, 0.6) is 0 Å². The fourth-order valence-electron chi connectivity index (χ4n) is 4.25. The predicted octanol–water partition coefficient (Wildman–Crippen LogP) is 6.06. The molecule has 1 fully saturated rings. The van der Waals surface area contributed by atoms with Crippen LogP contribution < -0.4 is 4.90 Å². The van der Waals surface area contributed by atoms with Crippen molar-refractivity contribution >= 4 is 22.8 Å². The Labute approximate surface area is 154 Å². The van der Waals surface area contributed by atoms with Gasteiger partial charge in [0.1, 0.15) is 5.76 Å². The van der Waals surface area contributed by atoms with Gasteiger partial charge < -0.3 is 10.0 Å². The Hall–Kier alpha value is -1.74. The topological polar surface area (TPSA) is 23.5 Å². The summed E-state index contributed by atoms with van der Waals surface area (Å²) in [6, 6.07) is 8.82. The molecule has 0 spiro atoms. The number of fused-ring (bicyclic) bond motifs is 1. The average Bonchev–Trinajstić information content (AvgIpc) is 3.21. The van der Waals surface area contributed by atoms with Crippen molar-refractivity contribution in [3.05, 3.63) is 46.8 Å². The molecule has 0 atom stereocenters. The van der Waals surface area contributed by atoms with Crippen LogP contribution in [-0.2, 0) is 12.8 Å². The molecule has 0 saturated carbocycles. The molecule has 0 radical (unpaired) electrons. The zero-order chi connectivity index (χ0) is 17.6. The Balaban J connectivity index is 1.79. The first kappa shape index (κ1) is 16.7. The number of thiophene rings is 1. The number of aryl methyl sites for hydroxylation is 1. The molecule has 0 bridgehead atoms. The molecule has 4 rings (SSSR count). The Morgan fingerprint density at radius 2 is 2.00 bits per heavy atom. The van der Waals surface area contributed by atoms with Crippen LogP contribution in [0, 0.1) is 5.41 Å². The summed E-state index contributed by atoms with van der Waals surface area (Å²) in [4.78, 5) is 5.09. The molecule has 1 aromatic heterocycles. The van der Waals surface area contributed by atoms with E-state index in [-0.39, 0.29) is 5.76 Å². The van der Waals surface area contributed by atoms with E-state index in [1.165, 1.54) is 45.8 Å². The summed E-state index contributed by atoms with van der Waals surface area (Å²) in [6.45, 7) is 10.8. The van der Waals surface area contributed by atoms with Gasteiger partial charge in [-0.05, 0) is 60.8 Å². The SMILES string of the molecule is C=C(O)c1c(-c2cccc(N3CCCC3)c2)sc2c1CC(C)(C)CC2. The van der Waals surface area contributed by atoms with Crippen LogP contribution in [0.15, 0.2) is 30.8 Å². The third-order valence-electron chi connectivity index (χ3n) is 5.64. The summed E-state index contributed by atoms with van der Waals surface area (Å²) in [5, 5.41) is 10.4. The molecule has 25 heavy (non-hydrogen) atoms. The van der Waals surface area contributed by atoms with Crippen LogP contribution in [0.25, 0.3) is 16.2 Å². The molecule has 1 aromatic carbocycles. The summed E-state index contributed by atoms with van der Waals surface area (Å²) < 4.78 is 0. The molecule has 0 amide bonds. The first-order valence-electron chi connectivity index (χ1n) is 9.33. The number of aliphatic hydroxyl groups is 1. The second kappa shape index (κ2) is 6.21. The highest BCUT2D eigenvalue weighted by molar-refractivity contribution is 7.16. The van der Waals surface area contributed by atoms with Crippen molar-refractivity contribution in [3.63, 3.8) is 0 Å². The molecular weight excluding hydrogens is 326 g/mol. The molecule has 2 aromatic rings. The molecule has 1 aliphatic heterocycles. The maximum Gasteiger partial charge on any atom is 0.117 e. The minimum atomic E-state index is 0.219. The molecule has 1 N–H and O–H groups in total. The molecule has 1 saturated heterocycles. The molecule has 2 aliphatic rings. The van der Waals surface area contributed by atoms with Crippen LogP contribution in [0.2, 0.25) is 0 Å². The normalized spacial score (nSPS) is 19.0. The van der Waals surface area contributed by atoms with Crippen LogP contribution in [0.4, 0.5) is 5.69 Å². The van der Waals surface area contributed by atoms with Crippen LogP contribution >= 0.6 is 11.3 Å². The van der Waals surface area contributed by atoms with Gasteiger partial charge in [-0.1, -0.05) is 32.6 Å². The smallest absolute Gasteiger partial charge is 0.117 e. The first-order valence-corrected chi connectivity index (χ1v) is 10.1. The second-order valence-electron chi connectivity index (χ2n) is 8.24. The lowest BCUT2D eigenvalue weighted by molar-refractivity contribution is 0.317. The highest BCUT2D eigenvalue weighted by Gasteiger charge is 2.31. The molecule has 1 aliphatic carbocycles. The average molecular weight is 354 g/mol. The first-order chi connectivity index (χ1) is 11.9. The maximum absolute atomic E-state index is 10.4. The zero-order valence-corrected chi connectivity index (χ0v) is 16.1. The molecule has 0 unspecified atom stereocenters. The van der Waals surface area contributed by atoms with Gasteiger partial charge in [0, 0.05) is 34.1 Å². The Morgan fingerprint density at radius 1 is 1.24 bits per heavy atom. The summed E-state index contributed by atoms with van der Waals surface area (Å²) >= 11 is 1.86. The van der Waals surface area contributed by atoms with Crippen molar-refractivity contribution in [1.82, 2.24) is 0 Å². The van der Waals surface area contributed by atoms with E-state index < -0.39 is 0 Å². The van der Waals surface area contributed by atoms with Crippen molar-refractivity contribution in [2.75, 3.05) is 18.0 Å². The van der Waals surface area contributed by atoms with Crippen LogP contribution in [0.3, 0.4) is 0 Å². The van der Waals surface area contributed by atoms with E-state index in [1.807, 2.05) is 11.3 Å². The largest absolute Gasteiger partial charge is 0.508 e. The summed E-state index contributed by atoms with van der Waals surface area (Å²) in [7, 11) is 0. The van der Waals surface area contributed by atoms with E-state index in [0.717, 1.165) is 31.5 Å². The lowest BCUT2D eigenvalue weighted by atomic mass is 9.75. The van der Waals surface area contributed by atoms with Crippen LogP contribution in [0.1, 0.15) is 49.1 Å². The standard InChI is InChI=1S/C22H27NOS/c1-15(24)20-18-14-22(2,3)10-9-19(18)25-21(20)16-7-6-8-17(13-16)23-11-4-5-12-23/h6-8,13,24H,1,4-5,9-12,14H2,2-3H3. The van der Waals surface area contributed by atoms with Gasteiger partial charge in [-0.25, -0.2) is 0 Å². The van der Waals surface area contributed by atoms with E-state index in [2.05, 4.69) is 49.6 Å². The van der Waals surface area contributed by atoms with Gasteiger partial charge in [0.25, 0.3) is 0 Å². The fourth-order valence-corrected chi connectivity index (χ4v) is 5.58. The van der Waals surface area contributed by atoms with Gasteiger partial charge in [-0.3, -0.25) is 0 Å². The van der Waals surface area contributed by atoms with Crippen molar-refractivity contribution in [2.24, 2.45) is 5.41 Å². The lowest BCUT2D eigenvalue weighted by Gasteiger charge is -2.30. The maximum atomic E-state index is 10.4. The minimum Gasteiger partial charge on any atom is -0.508 e. The number of anilines is 1. The lowest BCUT2D eigenvalue weighted by Crippen LogP contribution is -2.21. The van der Waals surface area contributed by atoms with Crippen molar-refractivity contribution < 1.29 is 5.11 Å². The van der Waals surface area contributed by atoms with Crippen LogP contribution in [-0.4, -0.2) is 18.2 Å². The monoisotopic (exact) mass is 353 g/mol. The Kier molecular flexibility index (Phi) is 4.15. The van der Waals surface area contributed by atoms with Crippen molar-refractivity contribution in [2.45, 2.75) is 46.0 Å². The molecule has 2 nitrogen and oxygen atoms in total. The quantitative estimate of drug-likeness (QED) is 0.678. The highest BCUT2D eigenvalue weighted by Crippen LogP contribution is 2.47. The molecule has 3 heteroatoms. The fraction of sp³-hybridized carbons (Fsp3) is 0.455. The van der Waals surface area contributed by atoms with E-state index in [4.69, 9.17) is 0 Å². The van der Waals surface area contributed by atoms with Gasteiger partial charge in [0.05, 0.1) is 0 Å². The summed E-state index contributed by atoms with van der Waals surface area (Å²) in [6.07, 6.45) is 5.92. The predicted molar refractivity (Wildman–Crippen MR) is 109 cm³/mol. The number of hydrogen-bond acceptors (Lipinski definition) is 3. The third kappa shape index (κ3) is 3.10. The minimum absolute atomic E-state index is 0.219. The second-order valence-corrected chi connectivity index (χ2v) is 9.35. The Morgan fingerprint density at radius 3 is 2.72 bits per heavy atom.